The number of aromatic nitrogens is 3. The fraction of sp³-hybridized carbons (Fsp3) is 0.286. The molecule has 0 saturated carbocycles. The summed E-state index contributed by atoms with van der Waals surface area (Å²) in [6.45, 7) is 3.50. The van der Waals surface area contributed by atoms with Crippen LogP contribution in [0.3, 0.4) is 0 Å². The third-order valence-electron chi connectivity index (χ3n) is 7.17. The Hall–Kier alpha value is -4.40. The summed E-state index contributed by atoms with van der Waals surface area (Å²) in [5.74, 6) is 1.81. The molecular formula is C28H30N6O3. The number of amides is 2. The minimum Gasteiger partial charge on any atom is -0.495 e. The van der Waals surface area contributed by atoms with Gasteiger partial charge >= 0.3 is 6.03 Å². The second-order valence-corrected chi connectivity index (χ2v) is 9.34. The van der Waals surface area contributed by atoms with Gasteiger partial charge in [-0.05, 0) is 59.5 Å². The van der Waals surface area contributed by atoms with E-state index in [1.54, 1.807) is 30.6 Å². The Morgan fingerprint density at radius 1 is 1.22 bits per heavy atom. The quantitative estimate of drug-likeness (QED) is 0.356. The molecule has 0 spiro atoms. The minimum absolute atomic E-state index is 0.216. The molecule has 1 aromatic carbocycles. The Labute approximate surface area is 214 Å². The first-order valence-electron chi connectivity index (χ1n) is 12.4. The van der Waals surface area contributed by atoms with Crippen LogP contribution in [0.5, 0.6) is 5.75 Å². The van der Waals surface area contributed by atoms with E-state index >= 15 is 0 Å². The number of hydrogen-bond acceptors (Lipinski definition) is 6. The molecule has 1 fully saturated rings. The predicted molar refractivity (Wildman–Crippen MR) is 144 cm³/mol. The zero-order valence-corrected chi connectivity index (χ0v) is 20.9. The monoisotopic (exact) mass is 498 g/mol. The SMILES string of the molecule is CCC1CN(C(N)=O)CCC1c1ccc(Nc2nc(-c3cncc(OC)c3)cc3cc[nH]c(=O)c23)cc1. The molecule has 4 heterocycles. The summed E-state index contributed by atoms with van der Waals surface area (Å²) < 4.78 is 5.32. The van der Waals surface area contributed by atoms with Gasteiger partial charge in [-0.3, -0.25) is 9.78 Å². The van der Waals surface area contributed by atoms with E-state index in [1.165, 1.54) is 5.56 Å². The Morgan fingerprint density at radius 3 is 2.76 bits per heavy atom. The van der Waals surface area contributed by atoms with Gasteiger partial charge in [0.2, 0.25) is 0 Å². The van der Waals surface area contributed by atoms with Crippen molar-refractivity contribution >= 4 is 28.3 Å². The summed E-state index contributed by atoms with van der Waals surface area (Å²) >= 11 is 0. The number of fused-ring (bicyclic) bond motifs is 1. The lowest BCUT2D eigenvalue weighted by molar-refractivity contribution is 0.159. The fourth-order valence-electron chi connectivity index (χ4n) is 5.16. The van der Waals surface area contributed by atoms with Gasteiger partial charge in [-0.15, -0.1) is 0 Å². The molecule has 2 atom stereocenters. The number of urea groups is 1. The number of hydrogen-bond donors (Lipinski definition) is 3. The fourth-order valence-corrected chi connectivity index (χ4v) is 5.16. The molecule has 0 bridgehead atoms. The van der Waals surface area contributed by atoms with Gasteiger partial charge < -0.3 is 25.7 Å². The smallest absolute Gasteiger partial charge is 0.314 e. The molecule has 4 N–H and O–H groups in total. The van der Waals surface area contributed by atoms with Crippen molar-refractivity contribution in [2.45, 2.75) is 25.7 Å². The van der Waals surface area contributed by atoms with Gasteiger partial charge in [-0.25, -0.2) is 9.78 Å². The number of methoxy groups -OCH3 is 1. The van der Waals surface area contributed by atoms with Crippen LogP contribution >= 0.6 is 0 Å². The van der Waals surface area contributed by atoms with Crippen LogP contribution in [0.25, 0.3) is 22.0 Å². The number of nitrogens with two attached hydrogens (primary N) is 1. The standard InChI is InChI=1S/C28H30N6O3/c1-3-17-16-34(28(29)36)11-9-23(17)18-4-6-21(7-5-18)32-26-25-19(8-10-31-27(25)35)13-24(33-26)20-12-22(37-2)15-30-14-20/h4-8,10,12-15,17,23H,3,9,11,16H2,1-2H3,(H2,29,36)(H,31,35)(H,32,33). The van der Waals surface area contributed by atoms with Gasteiger partial charge in [0.1, 0.15) is 11.6 Å². The number of H-pyrrole nitrogens is 1. The van der Waals surface area contributed by atoms with Crippen molar-refractivity contribution < 1.29 is 9.53 Å². The molecule has 9 nitrogen and oxygen atoms in total. The van der Waals surface area contributed by atoms with E-state index in [0.717, 1.165) is 29.5 Å². The first-order chi connectivity index (χ1) is 18.0. The van der Waals surface area contributed by atoms with Gasteiger partial charge in [0.15, 0.2) is 0 Å². The maximum absolute atomic E-state index is 12.7. The highest BCUT2D eigenvalue weighted by molar-refractivity contribution is 5.95. The van der Waals surface area contributed by atoms with Crippen LogP contribution in [-0.2, 0) is 0 Å². The number of benzene rings is 1. The van der Waals surface area contributed by atoms with Crippen molar-refractivity contribution in [3.8, 4) is 17.0 Å². The van der Waals surface area contributed by atoms with E-state index in [2.05, 4.69) is 34.3 Å². The van der Waals surface area contributed by atoms with Crippen molar-refractivity contribution in [1.29, 1.82) is 0 Å². The first-order valence-corrected chi connectivity index (χ1v) is 12.4. The highest BCUT2D eigenvalue weighted by atomic mass is 16.5. The lowest BCUT2D eigenvalue weighted by Gasteiger charge is -2.37. The Morgan fingerprint density at radius 2 is 2.03 bits per heavy atom. The number of ether oxygens (including phenoxy) is 1. The number of anilines is 2. The van der Waals surface area contributed by atoms with Gasteiger partial charge in [-0.1, -0.05) is 25.5 Å². The number of carbonyl (C=O) groups is 1. The van der Waals surface area contributed by atoms with E-state index in [0.29, 0.717) is 47.6 Å². The molecule has 4 aromatic rings. The molecule has 0 aliphatic carbocycles. The molecule has 1 aliphatic heterocycles. The predicted octanol–water partition coefficient (Wildman–Crippen LogP) is 4.63. The Balaban J connectivity index is 1.46. The molecule has 3 aromatic heterocycles. The molecule has 2 unspecified atom stereocenters. The van der Waals surface area contributed by atoms with Crippen LogP contribution in [-0.4, -0.2) is 46.1 Å². The summed E-state index contributed by atoms with van der Waals surface area (Å²) in [7, 11) is 1.59. The normalized spacial score (nSPS) is 17.5. The lowest BCUT2D eigenvalue weighted by atomic mass is 9.79. The number of pyridine rings is 3. The molecule has 1 aliphatic rings. The van der Waals surface area contributed by atoms with Crippen LogP contribution in [0.1, 0.15) is 31.2 Å². The van der Waals surface area contributed by atoms with Crippen LogP contribution in [0, 0.1) is 5.92 Å². The molecule has 1 saturated heterocycles. The number of primary amides is 1. The summed E-state index contributed by atoms with van der Waals surface area (Å²) in [4.78, 5) is 37.9. The lowest BCUT2D eigenvalue weighted by Crippen LogP contribution is -2.45. The number of carbonyl (C=O) groups excluding carboxylic acids is 1. The highest BCUT2D eigenvalue weighted by Gasteiger charge is 2.30. The number of nitrogens with one attached hydrogen (secondary N) is 2. The van der Waals surface area contributed by atoms with Crippen LogP contribution in [0.2, 0.25) is 0 Å². The van der Waals surface area contributed by atoms with E-state index in [-0.39, 0.29) is 11.6 Å². The number of nitrogens with zero attached hydrogens (tertiary/aromatic N) is 3. The minimum atomic E-state index is -0.349. The van der Waals surface area contributed by atoms with E-state index in [9.17, 15) is 9.59 Å². The average molecular weight is 499 g/mol. The third-order valence-corrected chi connectivity index (χ3v) is 7.17. The van der Waals surface area contributed by atoms with Crippen LogP contribution in [0.15, 0.2) is 65.8 Å². The molecule has 9 heteroatoms. The van der Waals surface area contributed by atoms with Crippen LogP contribution in [0.4, 0.5) is 16.3 Å². The maximum Gasteiger partial charge on any atom is 0.314 e. The Bertz CT molecular complexity index is 1480. The van der Waals surface area contributed by atoms with Crippen molar-refractivity contribution in [3.05, 3.63) is 77.0 Å². The van der Waals surface area contributed by atoms with Crippen molar-refractivity contribution in [1.82, 2.24) is 19.9 Å². The summed E-state index contributed by atoms with van der Waals surface area (Å²) in [5.41, 5.74) is 8.81. The summed E-state index contributed by atoms with van der Waals surface area (Å²) in [5, 5.41) is 4.60. The van der Waals surface area contributed by atoms with Gasteiger partial charge in [-0.2, -0.15) is 0 Å². The second kappa shape index (κ2) is 10.3. The molecule has 5 rings (SSSR count). The zero-order valence-electron chi connectivity index (χ0n) is 20.9. The van der Waals surface area contributed by atoms with E-state index in [4.69, 9.17) is 15.5 Å². The number of rotatable bonds is 6. The van der Waals surface area contributed by atoms with E-state index < -0.39 is 0 Å². The van der Waals surface area contributed by atoms with Gasteiger partial charge in [0.05, 0.1) is 24.4 Å². The number of aromatic amines is 1. The number of likely N-dealkylation sites (tertiary alicyclic amines) is 1. The van der Waals surface area contributed by atoms with Gasteiger partial charge in [0.25, 0.3) is 5.56 Å². The van der Waals surface area contributed by atoms with Crippen molar-refractivity contribution in [2.75, 3.05) is 25.5 Å². The number of piperidine rings is 1. The average Bonchev–Trinajstić information content (AvgIpc) is 2.93. The molecule has 37 heavy (non-hydrogen) atoms. The molecule has 190 valence electrons. The summed E-state index contributed by atoms with van der Waals surface area (Å²) in [6, 6.07) is 13.5. The zero-order chi connectivity index (χ0) is 25.9. The maximum atomic E-state index is 12.7. The molecular weight excluding hydrogens is 468 g/mol. The summed E-state index contributed by atoms with van der Waals surface area (Å²) in [6.07, 6.45) is 6.84. The van der Waals surface area contributed by atoms with Crippen LogP contribution < -0.4 is 21.3 Å². The second-order valence-electron chi connectivity index (χ2n) is 9.34. The Kier molecular flexibility index (Phi) is 6.76. The third kappa shape index (κ3) is 4.97. The first kappa shape index (κ1) is 24.3. The molecule has 0 radical (unpaired) electrons. The highest BCUT2D eigenvalue weighted by Crippen LogP contribution is 2.36. The van der Waals surface area contributed by atoms with E-state index in [1.807, 2.05) is 30.3 Å². The van der Waals surface area contributed by atoms with Crippen molar-refractivity contribution in [2.24, 2.45) is 11.7 Å². The van der Waals surface area contributed by atoms with Crippen molar-refractivity contribution in [3.63, 3.8) is 0 Å². The molecule has 2 amide bonds. The van der Waals surface area contributed by atoms with Gasteiger partial charge in [0, 0.05) is 36.7 Å². The largest absolute Gasteiger partial charge is 0.495 e. The topological polar surface area (TPSA) is 126 Å².